The number of methoxy groups -OCH3 is 1. The Morgan fingerprint density at radius 2 is 1.69 bits per heavy atom. The zero-order valence-electron chi connectivity index (χ0n) is 31.2. The number of piperazine rings is 1. The molecule has 3 fully saturated rings. The van der Waals surface area contributed by atoms with Gasteiger partial charge in [0.1, 0.15) is 22.9 Å². The second-order valence-corrected chi connectivity index (χ2v) is 15.9. The van der Waals surface area contributed by atoms with Crippen LogP contribution in [0.3, 0.4) is 0 Å². The number of hydrogen-bond acceptors (Lipinski definition) is 8. The molecule has 3 aliphatic heterocycles. The van der Waals surface area contributed by atoms with E-state index < -0.39 is 35.6 Å². The van der Waals surface area contributed by atoms with Crippen LogP contribution in [0.15, 0.2) is 24.4 Å². The highest BCUT2D eigenvalue weighted by Crippen LogP contribution is 2.41. The predicted octanol–water partition coefficient (Wildman–Crippen LogP) is 5.86. The number of aromatic nitrogens is 2. The summed E-state index contributed by atoms with van der Waals surface area (Å²) in [6.45, 7) is 18.0. The van der Waals surface area contributed by atoms with Crippen LogP contribution in [0.1, 0.15) is 90.2 Å². The molecule has 0 bridgehead atoms. The van der Waals surface area contributed by atoms with Crippen molar-refractivity contribution >= 4 is 41.3 Å². The lowest BCUT2D eigenvalue weighted by Gasteiger charge is -2.39. The number of nitrogens with one attached hydrogen (secondary N) is 1. The van der Waals surface area contributed by atoms with Crippen molar-refractivity contribution in [3.8, 4) is 5.75 Å². The normalized spacial score (nSPS) is 22.1. The highest BCUT2D eigenvalue weighted by Gasteiger charge is 2.53. The van der Waals surface area contributed by atoms with Crippen LogP contribution >= 0.6 is 0 Å². The average Bonchev–Trinajstić information content (AvgIpc) is 3.61. The summed E-state index contributed by atoms with van der Waals surface area (Å²) in [5.74, 6) is -0.390. The van der Waals surface area contributed by atoms with Crippen LogP contribution in [-0.2, 0) is 14.0 Å². The van der Waals surface area contributed by atoms with Gasteiger partial charge in [0.25, 0.3) is 5.91 Å². The zero-order chi connectivity index (χ0) is 37.0. The van der Waals surface area contributed by atoms with Crippen molar-refractivity contribution in [3.05, 3.63) is 47.3 Å². The minimum Gasteiger partial charge on any atom is -0.493 e. The van der Waals surface area contributed by atoms with E-state index in [1.54, 1.807) is 15.9 Å². The molecule has 2 amide bonds. The second kappa shape index (κ2) is 13.6. The van der Waals surface area contributed by atoms with E-state index in [0.29, 0.717) is 62.6 Å². The largest absolute Gasteiger partial charge is 0.497 e. The first kappa shape index (κ1) is 36.9. The minimum absolute atomic E-state index is 0.0292. The Morgan fingerprint density at radius 1 is 1.02 bits per heavy atom. The number of ether oxygens (including phenoxy) is 2. The first-order chi connectivity index (χ1) is 23.9. The Morgan fingerprint density at radius 3 is 2.29 bits per heavy atom. The number of anilines is 1. The third kappa shape index (κ3) is 7.13. The van der Waals surface area contributed by atoms with Crippen molar-refractivity contribution in [1.29, 1.82) is 0 Å². The van der Waals surface area contributed by atoms with Crippen LogP contribution < -0.4 is 15.1 Å². The van der Waals surface area contributed by atoms with Gasteiger partial charge in [-0.15, -0.1) is 0 Å². The summed E-state index contributed by atoms with van der Waals surface area (Å²) in [5, 5.41) is 0.629. The summed E-state index contributed by atoms with van der Waals surface area (Å²) >= 11 is 0. The number of aromatic amines is 1. The summed E-state index contributed by atoms with van der Waals surface area (Å²) in [4.78, 5) is 39.8. The number of carbonyl (C=O) groups is 2. The lowest BCUT2D eigenvalue weighted by atomic mass is 9.72. The molecule has 3 aromatic rings. The van der Waals surface area contributed by atoms with Gasteiger partial charge in [0.15, 0.2) is 11.6 Å². The maximum absolute atomic E-state index is 16.7. The third-order valence-electron chi connectivity index (χ3n) is 10.8. The van der Waals surface area contributed by atoms with Crippen LogP contribution in [0.4, 0.5) is 19.4 Å². The van der Waals surface area contributed by atoms with Gasteiger partial charge in [-0.05, 0) is 78.4 Å². The third-order valence-corrected chi connectivity index (χ3v) is 10.8. The molecule has 1 N–H and O–H groups in total. The number of piperidine rings is 1. The van der Waals surface area contributed by atoms with Crippen LogP contribution in [-0.4, -0.2) is 102 Å². The summed E-state index contributed by atoms with van der Waals surface area (Å²) < 4.78 is 54.2. The summed E-state index contributed by atoms with van der Waals surface area (Å²) in [7, 11) is 0.515. The molecule has 2 unspecified atom stereocenters. The number of fused-ring (bicyclic) bond motifs is 1. The molecule has 276 valence electrons. The fourth-order valence-electron chi connectivity index (χ4n) is 7.31. The Labute approximate surface area is 299 Å². The quantitative estimate of drug-likeness (QED) is 0.317. The van der Waals surface area contributed by atoms with Gasteiger partial charge in [-0.2, -0.15) is 0 Å². The number of hydrogen-bond donors (Lipinski definition) is 1. The molecule has 0 aliphatic carbocycles. The Balaban J connectivity index is 1.32. The highest BCUT2D eigenvalue weighted by molar-refractivity contribution is 6.62. The lowest BCUT2D eigenvalue weighted by molar-refractivity contribution is 0.00578. The topological polar surface area (TPSA) is 109 Å². The molecule has 0 radical (unpaired) electrons. The number of nitrogens with zero attached hydrogens (tertiary/aromatic N) is 4. The van der Waals surface area contributed by atoms with Crippen molar-refractivity contribution < 1.29 is 37.2 Å². The van der Waals surface area contributed by atoms with E-state index in [-0.39, 0.29) is 40.5 Å². The molecule has 51 heavy (non-hydrogen) atoms. The molecule has 1 aromatic carbocycles. The average molecular weight is 710 g/mol. The summed E-state index contributed by atoms with van der Waals surface area (Å²) in [6, 6.07) is 4.90. The first-order valence-corrected chi connectivity index (χ1v) is 17.8. The number of pyridine rings is 1. The molecule has 6 rings (SSSR count). The Kier molecular flexibility index (Phi) is 9.81. The van der Waals surface area contributed by atoms with Gasteiger partial charge in [-0.1, -0.05) is 19.4 Å². The monoisotopic (exact) mass is 709 g/mol. The summed E-state index contributed by atoms with van der Waals surface area (Å²) in [6.07, 6.45) is 2.22. The number of amides is 2. The van der Waals surface area contributed by atoms with Crippen molar-refractivity contribution in [2.75, 3.05) is 51.3 Å². The van der Waals surface area contributed by atoms with Gasteiger partial charge in [-0.25, -0.2) is 18.6 Å². The van der Waals surface area contributed by atoms with Gasteiger partial charge in [-0.3, -0.25) is 4.79 Å². The standard InChI is InChI=1S/C37H50BF2N5O6/c1-10-22-21-45(34(47)49-35(2,3)4)12-11-24(22)25-18-27(38-50-36(5,6)37(7,8)51-38)30(40)31-26(25)19-28(42-31)33(46)44-15-13-43(14-16-44)32-29(48-9)17-23(39)20-41-32/h17-20,22,24,42H,10-16,21H2,1-9H3. The minimum atomic E-state index is -0.951. The highest BCUT2D eigenvalue weighted by atomic mass is 19.1. The molecule has 3 aliphatic rings. The van der Waals surface area contributed by atoms with E-state index in [1.165, 1.54) is 13.2 Å². The van der Waals surface area contributed by atoms with Crippen molar-refractivity contribution in [2.45, 2.75) is 91.0 Å². The van der Waals surface area contributed by atoms with E-state index in [0.717, 1.165) is 18.2 Å². The summed E-state index contributed by atoms with van der Waals surface area (Å²) in [5.41, 5.74) is -0.309. The van der Waals surface area contributed by atoms with E-state index in [4.69, 9.17) is 18.8 Å². The van der Waals surface area contributed by atoms with E-state index >= 15 is 4.39 Å². The number of carbonyl (C=O) groups excluding carboxylic acids is 2. The predicted molar refractivity (Wildman–Crippen MR) is 192 cm³/mol. The van der Waals surface area contributed by atoms with E-state index in [9.17, 15) is 14.0 Å². The molecular formula is C37H50BF2N5O6. The van der Waals surface area contributed by atoms with Crippen molar-refractivity contribution in [1.82, 2.24) is 19.8 Å². The Hall–Kier alpha value is -3.91. The van der Waals surface area contributed by atoms with E-state index in [2.05, 4.69) is 16.9 Å². The van der Waals surface area contributed by atoms with Crippen LogP contribution in [0.25, 0.3) is 10.9 Å². The molecule has 11 nitrogen and oxygen atoms in total. The molecule has 14 heteroatoms. The molecule has 2 aromatic heterocycles. The SMILES string of the molecule is CCC1CN(C(=O)OC(C)(C)C)CCC1c1cc(B2OC(C)(C)C(C)(C)O2)c(F)c2[nH]c(C(=O)N3CCN(c4ncc(F)cc4OC)CC3)cc12. The first-order valence-electron chi connectivity index (χ1n) is 17.8. The van der Waals surface area contributed by atoms with Gasteiger partial charge < -0.3 is 38.5 Å². The van der Waals surface area contributed by atoms with Crippen molar-refractivity contribution in [2.24, 2.45) is 5.92 Å². The lowest BCUT2D eigenvalue weighted by Crippen LogP contribution is -2.49. The smallest absolute Gasteiger partial charge is 0.493 e. The molecule has 0 saturated carbocycles. The number of benzene rings is 1. The molecular weight excluding hydrogens is 659 g/mol. The number of likely N-dealkylation sites (tertiary alicyclic amines) is 1. The van der Waals surface area contributed by atoms with Gasteiger partial charge in [0.2, 0.25) is 0 Å². The molecule has 2 atom stereocenters. The van der Waals surface area contributed by atoms with Crippen molar-refractivity contribution in [3.63, 3.8) is 0 Å². The van der Waals surface area contributed by atoms with Gasteiger partial charge >= 0.3 is 13.2 Å². The fourth-order valence-corrected chi connectivity index (χ4v) is 7.31. The van der Waals surface area contributed by atoms with Crippen LogP contribution in [0, 0.1) is 17.6 Å². The number of rotatable bonds is 6. The Bertz CT molecular complexity index is 1790. The van der Waals surface area contributed by atoms with E-state index in [1.807, 2.05) is 59.4 Å². The van der Waals surface area contributed by atoms with Crippen LogP contribution in [0.2, 0.25) is 0 Å². The number of halogens is 2. The second-order valence-electron chi connectivity index (χ2n) is 15.9. The van der Waals surface area contributed by atoms with Gasteiger partial charge in [0.05, 0.1) is 30.0 Å². The zero-order valence-corrected chi connectivity index (χ0v) is 31.2. The maximum Gasteiger partial charge on any atom is 0.497 e. The fraction of sp³-hybridized carbons (Fsp3) is 0.595. The van der Waals surface area contributed by atoms with Crippen LogP contribution in [0.5, 0.6) is 5.75 Å². The molecule has 3 saturated heterocycles. The maximum atomic E-state index is 16.7. The number of H-pyrrole nitrogens is 1. The molecule has 0 spiro atoms. The molecule has 5 heterocycles. The van der Waals surface area contributed by atoms with Gasteiger partial charge in [0, 0.05) is 56.2 Å².